The van der Waals surface area contributed by atoms with E-state index in [1.54, 1.807) is 0 Å². The first-order valence-corrected chi connectivity index (χ1v) is 12.6. The lowest BCUT2D eigenvalue weighted by atomic mass is 10.0. The summed E-state index contributed by atoms with van der Waals surface area (Å²) in [6, 6.07) is 6.68. The maximum Gasteiger partial charge on any atom is 0.490 e. The summed E-state index contributed by atoms with van der Waals surface area (Å²) < 4.78 is 95.2. The number of aliphatic carboxylic acids is 3. The lowest BCUT2D eigenvalue weighted by Crippen LogP contribution is -2.46. The third kappa shape index (κ3) is 13.7. The molecular weight excluding hydrogens is 627 g/mol. The third-order valence-electron chi connectivity index (χ3n) is 6.43. The number of hydrogen-bond acceptors (Lipinski definition) is 7. The van der Waals surface area contributed by atoms with Gasteiger partial charge in [-0.15, -0.1) is 0 Å². The molecule has 0 aromatic carbocycles. The van der Waals surface area contributed by atoms with Crippen LogP contribution in [0.25, 0.3) is 0 Å². The number of nitrogens with one attached hydrogen (secondary N) is 1. The zero-order valence-corrected chi connectivity index (χ0v) is 22.8. The lowest BCUT2D eigenvalue weighted by molar-refractivity contribution is -0.193. The highest BCUT2D eigenvalue weighted by atomic mass is 19.4. The Morgan fingerprint density at radius 1 is 0.864 bits per heavy atom. The Morgan fingerprint density at radius 3 is 1.70 bits per heavy atom. The van der Waals surface area contributed by atoms with Crippen molar-refractivity contribution < 1.29 is 74.0 Å². The van der Waals surface area contributed by atoms with Crippen molar-refractivity contribution in [1.29, 1.82) is 0 Å². The number of likely N-dealkylation sites (N-methyl/N-ethyl adjacent to an activating group) is 1. The predicted octanol–water partition coefficient (Wildman–Crippen LogP) is 3.01. The minimum atomic E-state index is -5.08. The van der Waals surface area contributed by atoms with Crippen molar-refractivity contribution in [3.8, 4) is 0 Å². The molecule has 11 nitrogen and oxygen atoms in total. The van der Waals surface area contributed by atoms with E-state index in [9.17, 15) is 44.3 Å². The van der Waals surface area contributed by atoms with Crippen molar-refractivity contribution in [1.82, 2.24) is 20.1 Å². The number of carboxylic acids is 3. The minimum absolute atomic E-state index is 0.0701. The van der Waals surface area contributed by atoms with E-state index in [-0.39, 0.29) is 11.9 Å². The summed E-state index contributed by atoms with van der Waals surface area (Å²) >= 11 is 0. The van der Waals surface area contributed by atoms with Gasteiger partial charge in [-0.3, -0.25) is 19.6 Å². The summed E-state index contributed by atoms with van der Waals surface area (Å²) in [5.74, 6) is -6.67. The fraction of sp³-hybridized carbons (Fsp3) is 0.625. The number of halogens is 9. The van der Waals surface area contributed by atoms with Gasteiger partial charge in [0.2, 0.25) is 5.91 Å². The monoisotopic (exact) mass is 656 g/mol. The van der Waals surface area contributed by atoms with Crippen molar-refractivity contribution >= 4 is 23.8 Å². The third-order valence-corrected chi connectivity index (χ3v) is 6.43. The smallest absolute Gasteiger partial charge is 0.475 e. The second kappa shape index (κ2) is 15.9. The number of fused-ring (bicyclic) bond motifs is 1. The van der Waals surface area contributed by atoms with Crippen LogP contribution in [0.3, 0.4) is 0 Å². The van der Waals surface area contributed by atoms with Gasteiger partial charge in [0, 0.05) is 38.4 Å². The Balaban J connectivity index is 0.000000379. The van der Waals surface area contributed by atoms with Crippen LogP contribution in [0.4, 0.5) is 39.5 Å². The average Bonchev–Trinajstić information content (AvgIpc) is 3.57. The first-order chi connectivity index (χ1) is 20.0. The Morgan fingerprint density at radius 2 is 1.34 bits per heavy atom. The van der Waals surface area contributed by atoms with Crippen molar-refractivity contribution in [2.45, 2.75) is 56.4 Å². The highest BCUT2D eigenvalue weighted by Crippen LogP contribution is 2.35. The molecule has 20 heteroatoms. The molecule has 3 fully saturated rings. The van der Waals surface area contributed by atoms with Gasteiger partial charge in [0.25, 0.3) is 0 Å². The molecule has 250 valence electrons. The van der Waals surface area contributed by atoms with Gasteiger partial charge in [-0.25, -0.2) is 14.4 Å². The van der Waals surface area contributed by atoms with E-state index in [1.165, 1.54) is 12.8 Å². The van der Waals surface area contributed by atoms with E-state index in [0.717, 1.165) is 44.2 Å². The van der Waals surface area contributed by atoms with Crippen LogP contribution >= 0.6 is 0 Å². The number of hydrogen-bond donors (Lipinski definition) is 4. The van der Waals surface area contributed by atoms with Crippen LogP contribution < -0.4 is 5.32 Å². The molecule has 0 bridgehead atoms. The Bertz CT molecular complexity index is 1060. The molecule has 4 rings (SSSR count). The molecular formula is C24H29F9N4O7. The number of nitrogens with zero attached hydrogens (tertiary/aromatic N) is 3. The van der Waals surface area contributed by atoms with Crippen molar-refractivity contribution in [2.75, 3.05) is 26.7 Å². The van der Waals surface area contributed by atoms with E-state index in [4.69, 9.17) is 29.7 Å². The molecule has 0 radical (unpaired) electrons. The second-order valence-corrected chi connectivity index (χ2v) is 9.86. The van der Waals surface area contributed by atoms with Gasteiger partial charge in [0.1, 0.15) is 0 Å². The largest absolute Gasteiger partial charge is 0.490 e. The van der Waals surface area contributed by atoms with Gasteiger partial charge in [0.15, 0.2) is 0 Å². The standard InChI is InChI=1S/C18H26N4O.3C2HF3O2/c1-21-16(18(23)20-9-13-5-6-13)8-14-10-22(12-17(14)21)11-15-4-2-3-7-19-15;3*3-2(4,5)1(6)7/h2-4,7,13-14,16-17H,5-6,8-12H2,1H3,(H,20,23);3*(H,6,7)/t14-,16+,17+;;;/m0.../s1. The van der Waals surface area contributed by atoms with E-state index < -0.39 is 36.4 Å². The molecule has 0 unspecified atom stereocenters. The van der Waals surface area contributed by atoms with Crippen LogP contribution in [0.1, 0.15) is 25.0 Å². The summed E-state index contributed by atoms with van der Waals surface area (Å²) in [5, 5.41) is 24.5. The van der Waals surface area contributed by atoms with Crippen molar-refractivity contribution in [3.05, 3.63) is 30.1 Å². The average molecular weight is 656 g/mol. The minimum Gasteiger partial charge on any atom is -0.475 e. The Hall–Kier alpha value is -3.68. The van der Waals surface area contributed by atoms with Gasteiger partial charge in [-0.2, -0.15) is 39.5 Å². The number of rotatable bonds is 5. The number of pyridine rings is 1. The van der Waals surface area contributed by atoms with Gasteiger partial charge >= 0.3 is 36.4 Å². The molecule has 1 amide bonds. The number of carbonyl (C=O) groups is 4. The second-order valence-electron chi connectivity index (χ2n) is 9.86. The van der Waals surface area contributed by atoms with Crippen LogP contribution in [0.2, 0.25) is 0 Å². The summed E-state index contributed by atoms with van der Waals surface area (Å²) in [6.07, 6.45) is -9.82. The van der Waals surface area contributed by atoms with Gasteiger partial charge in [-0.05, 0) is 50.3 Å². The molecule has 3 atom stereocenters. The van der Waals surface area contributed by atoms with Crippen molar-refractivity contribution in [3.63, 3.8) is 0 Å². The molecule has 1 aromatic rings. The number of likely N-dealkylation sites (tertiary alicyclic amines) is 2. The van der Waals surface area contributed by atoms with Gasteiger partial charge in [-0.1, -0.05) is 6.07 Å². The maximum absolute atomic E-state index is 12.4. The van der Waals surface area contributed by atoms with E-state index in [1.807, 2.05) is 18.3 Å². The fourth-order valence-corrected chi connectivity index (χ4v) is 4.15. The van der Waals surface area contributed by atoms with Crippen LogP contribution in [0.15, 0.2) is 24.4 Å². The predicted molar refractivity (Wildman–Crippen MR) is 130 cm³/mol. The molecule has 3 aliphatic rings. The maximum atomic E-state index is 12.4. The quantitative estimate of drug-likeness (QED) is 0.347. The summed E-state index contributed by atoms with van der Waals surface area (Å²) in [4.78, 5) is 48.3. The lowest BCUT2D eigenvalue weighted by Gasteiger charge is -2.26. The molecule has 3 heterocycles. The van der Waals surface area contributed by atoms with Crippen LogP contribution in [0.5, 0.6) is 0 Å². The fourth-order valence-electron chi connectivity index (χ4n) is 4.15. The first kappa shape index (κ1) is 38.3. The normalized spacial score (nSPS) is 21.7. The van der Waals surface area contributed by atoms with Gasteiger partial charge < -0.3 is 20.6 Å². The summed E-state index contributed by atoms with van der Waals surface area (Å²) in [6.45, 7) is 3.92. The Labute approximate surface area is 243 Å². The SMILES string of the molecule is CN1[C@@H](C(=O)NCC2CC2)C[C@H]2CN(Cc3ccccn3)C[C@H]21.O=C(O)C(F)(F)F.O=C(O)C(F)(F)F.O=C(O)C(F)(F)F. The zero-order chi connectivity index (χ0) is 34.0. The molecule has 2 saturated heterocycles. The van der Waals surface area contributed by atoms with E-state index in [0.29, 0.717) is 12.0 Å². The van der Waals surface area contributed by atoms with Gasteiger partial charge in [0.05, 0.1) is 11.7 Å². The molecule has 1 aromatic heterocycles. The Kier molecular flexibility index (Phi) is 13.8. The summed E-state index contributed by atoms with van der Waals surface area (Å²) in [7, 11) is 2.12. The van der Waals surface area contributed by atoms with E-state index in [2.05, 4.69) is 33.2 Å². The number of carboxylic acid groups (broad SMARTS) is 3. The topological polar surface area (TPSA) is 160 Å². The molecule has 1 aliphatic carbocycles. The molecule has 44 heavy (non-hydrogen) atoms. The molecule has 4 N–H and O–H groups in total. The highest BCUT2D eigenvalue weighted by molar-refractivity contribution is 5.82. The van der Waals surface area contributed by atoms with Crippen LogP contribution in [-0.2, 0) is 25.7 Å². The zero-order valence-electron chi connectivity index (χ0n) is 22.8. The number of aromatic nitrogens is 1. The highest BCUT2D eigenvalue weighted by Gasteiger charge is 2.47. The van der Waals surface area contributed by atoms with E-state index >= 15 is 0 Å². The number of alkyl halides is 9. The molecule has 0 spiro atoms. The first-order valence-electron chi connectivity index (χ1n) is 12.6. The van der Waals surface area contributed by atoms with Crippen molar-refractivity contribution in [2.24, 2.45) is 11.8 Å². The summed E-state index contributed by atoms with van der Waals surface area (Å²) in [5.41, 5.74) is 1.13. The number of carbonyl (C=O) groups excluding carboxylic acids is 1. The number of amides is 1. The van der Waals surface area contributed by atoms with Crippen LogP contribution in [-0.4, -0.2) is 111 Å². The molecule has 2 aliphatic heterocycles. The van der Waals surface area contributed by atoms with Crippen LogP contribution in [0, 0.1) is 11.8 Å². The molecule has 1 saturated carbocycles.